The zero-order chi connectivity index (χ0) is 16.9. The van der Waals surface area contributed by atoms with Gasteiger partial charge in [0.25, 0.3) is 0 Å². The summed E-state index contributed by atoms with van der Waals surface area (Å²) in [5, 5.41) is 4.09. The molecule has 1 aromatic carbocycles. The predicted octanol–water partition coefficient (Wildman–Crippen LogP) is 3.12. The van der Waals surface area contributed by atoms with Crippen LogP contribution in [-0.2, 0) is 16.0 Å². The standard InChI is InChI=1S/C18H22N2O4/c1-22-15-8-3-5-12(9-15)10-16-19-17(24-20-16)13-6-4-7-14(11-13)18(21)23-2/h3,5,8-9,13-14H,4,6-7,10-11H2,1-2H3/t13-,14-/m1/s1. The van der Waals surface area contributed by atoms with Gasteiger partial charge in [-0.15, -0.1) is 0 Å². The van der Waals surface area contributed by atoms with E-state index in [0.29, 0.717) is 24.6 Å². The SMILES string of the molecule is COC(=O)[C@@H]1CCC[C@@H](c2nc(Cc3cccc(OC)c3)no2)C1. The first kappa shape index (κ1) is 16.5. The molecule has 0 spiro atoms. The van der Waals surface area contributed by atoms with Crippen LogP contribution in [0.15, 0.2) is 28.8 Å². The molecule has 2 atom stereocenters. The van der Waals surface area contributed by atoms with Crippen molar-refractivity contribution in [1.29, 1.82) is 0 Å². The van der Waals surface area contributed by atoms with Crippen molar-refractivity contribution in [2.75, 3.05) is 14.2 Å². The van der Waals surface area contributed by atoms with Crippen LogP contribution >= 0.6 is 0 Å². The lowest BCUT2D eigenvalue weighted by atomic mass is 9.81. The van der Waals surface area contributed by atoms with Gasteiger partial charge in [-0.1, -0.05) is 23.7 Å². The van der Waals surface area contributed by atoms with Crippen LogP contribution in [0.3, 0.4) is 0 Å². The summed E-state index contributed by atoms with van der Waals surface area (Å²) in [6.45, 7) is 0. The quantitative estimate of drug-likeness (QED) is 0.784. The minimum atomic E-state index is -0.143. The number of hydrogen-bond acceptors (Lipinski definition) is 6. The van der Waals surface area contributed by atoms with Gasteiger partial charge < -0.3 is 14.0 Å². The maximum atomic E-state index is 11.7. The van der Waals surface area contributed by atoms with Gasteiger partial charge >= 0.3 is 5.97 Å². The molecule has 1 aliphatic rings. The first-order valence-electron chi connectivity index (χ1n) is 8.23. The second kappa shape index (κ2) is 7.47. The molecule has 2 aromatic rings. The van der Waals surface area contributed by atoms with Gasteiger partial charge in [0.05, 0.1) is 20.1 Å². The monoisotopic (exact) mass is 330 g/mol. The van der Waals surface area contributed by atoms with Crippen LogP contribution in [-0.4, -0.2) is 30.3 Å². The molecule has 24 heavy (non-hydrogen) atoms. The fourth-order valence-corrected chi connectivity index (χ4v) is 3.26. The highest BCUT2D eigenvalue weighted by Crippen LogP contribution is 2.36. The van der Waals surface area contributed by atoms with E-state index in [1.165, 1.54) is 7.11 Å². The first-order valence-corrected chi connectivity index (χ1v) is 8.23. The van der Waals surface area contributed by atoms with Gasteiger partial charge in [-0.3, -0.25) is 4.79 Å². The first-order chi connectivity index (χ1) is 11.7. The molecule has 0 radical (unpaired) electrons. The number of esters is 1. The molecule has 0 bridgehead atoms. The summed E-state index contributed by atoms with van der Waals surface area (Å²) < 4.78 is 15.5. The molecule has 128 valence electrons. The van der Waals surface area contributed by atoms with Crippen molar-refractivity contribution in [1.82, 2.24) is 10.1 Å². The fourth-order valence-electron chi connectivity index (χ4n) is 3.26. The molecule has 1 fully saturated rings. The summed E-state index contributed by atoms with van der Waals surface area (Å²) in [6, 6.07) is 7.81. The van der Waals surface area contributed by atoms with E-state index in [-0.39, 0.29) is 17.8 Å². The molecule has 3 rings (SSSR count). The van der Waals surface area contributed by atoms with E-state index >= 15 is 0 Å². The van der Waals surface area contributed by atoms with E-state index < -0.39 is 0 Å². The average molecular weight is 330 g/mol. The van der Waals surface area contributed by atoms with Crippen LogP contribution in [0, 0.1) is 5.92 Å². The molecule has 0 aliphatic heterocycles. The third kappa shape index (κ3) is 3.75. The Hall–Kier alpha value is -2.37. The number of nitrogens with zero attached hydrogens (tertiary/aromatic N) is 2. The number of methoxy groups -OCH3 is 2. The van der Waals surface area contributed by atoms with E-state index in [9.17, 15) is 4.79 Å². The molecular formula is C18H22N2O4. The minimum Gasteiger partial charge on any atom is -0.497 e. The molecule has 6 nitrogen and oxygen atoms in total. The number of ether oxygens (including phenoxy) is 2. The van der Waals surface area contributed by atoms with Gasteiger partial charge in [0.2, 0.25) is 5.89 Å². The van der Waals surface area contributed by atoms with Crippen LogP contribution in [0.1, 0.15) is 48.9 Å². The highest BCUT2D eigenvalue weighted by atomic mass is 16.5. The highest BCUT2D eigenvalue weighted by Gasteiger charge is 2.31. The normalized spacial score (nSPS) is 20.6. The van der Waals surface area contributed by atoms with E-state index in [2.05, 4.69) is 10.1 Å². The molecule has 1 saturated carbocycles. The maximum absolute atomic E-state index is 11.7. The average Bonchev–Trinajstić information content (AvgIpc) is 3.09. The summed E-state index contributed by atoms with van der Waals surface area (Å²) >= 11 is 0. The third-order valence-corrected chi connectivity index (χ3v) is 4.54. The molecule has 6 heteroatoms. The molecule has 1 aliphatic carbocycles. The predicted molar refractivity (Wildman–Crippen MR) is 86.8 cm³/mol. The second-order valence-corrected chi connectivity index (χ2v) is 6.16. The lowest BCUT2D eigenvalue weighted by molar-refractivity contribution is -0.146. The zero-order valence-corrected chi connectivity index (χ0v) is 14.0. The van der Waals surface area contributed by atoms with Crippen molar-refractivity contribution in [3.8, 4) is 5.75 Å². The van der Waals surface area contributed by atoms with E-state index in [1.807, 2.05) is 24.3 Å². The van der Waals surface area contributed by atoms with Gasteiger partial charge in [0, 0.05) is 12.3 Å². The molecule has 0 unspecified atom stereocenters. The summed E-state index contributed by atoms with van der Waals surface area (Å²) in [5.41, 5.74) is 1.07. The molecule has 0 saturated heterocycles. The minimum absolute atomic E-state index is 0.0671. The van der Waals surface area contributed by atoms with Gasteiger partial charge in [0.15, 0.2) is 5.82 Å². The Labute approximate surface area is 141 Å². The van der Waals surface area contributed by atoms with E-state index in [1.54, 1.807) is 7.11 Å². The van der Waals surface area contributed by atoms with Crippen molar-refractivity contribution >= 4 is 5.97 Å². The Morgan fingerprint density at radius 3 is 3.00 bits per heavy atom. The Balaban J connectivity index is 1.67. The number of hydrogen-bond donors (Lipinski definition) is 0. The third-order valence-electron chi connectivity index (χ3n) is 4.54. The number of carbonyl (C=O) groups is 1. The molecule has 0 amide bonds. The van der Waals surface area contributed by atoms with Crippen LogP contribution in [0.2, 0.25) is 0 Å². The van der Waals surface area contributed by atoms with Crippen LogP contribution in [0.5, 0.6) is 5.75 Å². The Kier molecular flexibility index (Phi) is 5.13. The number of carbonyl (C=O) groups excluding carboxylic acids is 1. The van der Waals surface area contributed by atoms with E-state index in [4.69, 9.17) is 14.0 Å². The van der Waals surface area contributed by atoms with Crippen LogP contribution < -0.4 is 4.74 Å². The fraction of sp³-hybridized carbons (Fsp3) is 0.500. The molecule has 1 heterocycles. The Morgan fingerprint density at radius 1 is 1.33 bits per heavy atom. The van der Waals surface area contributed by atoms with Gasteiger partial charge in [0.1, 0.15) is 5.75 Å². The van der Waals surface area contributed by atoms with Crippen molar-refractivity contribution in [2.45, 2.75) is 38.0 Å². The number of rotatable bonds is 5. The maximum Gasteiger partial charge on any atom is 0.308 e. The van der Waals surface area contributed by atoms with Crippen LogP contribution in [0.4, 0.5) is 0 Å². The Morgan fingerprint density at radius 2 is 2.21 bits per heavy atom. The second-order valence-electron chi connectivity index (χ2n) is 6.16. The summed E-state index contributed by atoms with van der Waals surface area (Å²) in [7, 11) is 3.08. The topological polar surface area (TPSA) is 74.5 Å². The molecule has 0 N–H and O–H groups in total. The van der Waals surface area contributed by atoms with Crippen LogP contribution in [0.25, 0.3) is 0 Å². The zero-order valence-electron chi connectivity index (χ0n) is 14.0. The molecule has 1 aromatic heterocycles. The number of aromatic nitrogens is 2. The van der Waals surface area contributed by atoms with Crippen molar-refractivity contribution in [3.63, 3.8) is 0 Å². The summed E-state index contributed by atoms with van der Waals surface area (Å²) in [6.07, 6.45) is 4.11. The largest absolute Gasteiger partial charge is 0.497 e. The van der Waals surface area contributed by atoms with Crippen molar-refractivity contribution in [3.05, 3.63) is 41.5 Å². The number of benzene rings is 1. The Bertz CT molecular complexity index is 698. The lowest BCUT2D eigenvalue weighted by Crippen LogP contribution is -2.23. The van der Waals surface area contributed by atoms with Gasteiger partial charge in [-0.25, -0.2) is 0 Å². The lowest BCUT2D eigenvalue weighted by Gasteiger charge is -2.24. The smallest absolute Gasteiger partial charge is 0.308 e. The highest BCUT2D eigenvalue weighted by molar-refractivity contribution is 5.72. The van der Waals surface area contributed by atoms with Gasteiger partial charge in [-0.2, -0.15) is 4.98 Å². The van der Waals surface area contributed by atoms with E-state index in [0.717, 1.165) is 30.6 Å². The van der Waals surface area contributed by atoms with Crippen molar-refractivity contribution < 1.29 is 18.8 Å². The summed E-state index contributed by atoms with van der Waals surface area (Å²) in [5.74, 6) is 2.01. The van der Waals surface area contributed by atoms with Crippen molar-refractivity contribution in [2.24, 2.45) is 5.92 Å². The summed E-state index contributed by atoms with van der Waals surface area (Å²) in [4.78, 5) is 16.3. The molecular weight excluding hydrogens is 308 g/mol. The van der Waals surface area contributed by atoms with Gasteiger partial charge in [-0.05, 0) is 37.0 Å².